The van der Waals surface area contributed by atoms with Crippen LogP contribution in [0.1, 0.15) is 43.0 Å². The van der Waals surface area contributed by atoms with Gasteiger partial charge in [-0.1, -0.05) is 25.0 Å². The Hall–Kier alpha value is -1.77. The lowest BCUT2D eigenvalue weighted by Gasteiger charge is -2.20. The van der Waals surface area contributed by atoms with Crippen molar-refractivity contribution < 1.29 is 4.79 Å². The number of benzene rings is 1. The van der Waals surface area contributed by atoms with Crippen molar-refractivity contribution in [2.45, 2.75) is 46.0 Å². The summed E-state index contributed by atoms with van der Waals surface area (Å²) < 4.78 is 0. The second kappa shape index (κ2) is 5.92. The maximum atomic E-state index is 12.2. The summed E-state index contributed by atoms with van der Waals surface area (Å²) in [4.78, 5) is 17.8. The van der Waals surface area contributed by atoms with Crippen LogP contribution < -0.4 is 0 Å². The van der Waals surface area contributed by atoms with Crippen molar-refractivity contribution in [2.75, 3.05) is 13.1 Å². The van der Waals surface area contributed by atoms with E-state index in [4.69, 9.17) is 0 Å². The van der Waals surface area contributed by atoms with Crippen molar-refractivity contribution in [1.82, 2.24) is 9.88 Å². The number of nitrogens with zero attached hydrogens (tertiary/aromatic N) is 1. The van der Waals surface area contributed by atoms with Gasteiger partial charge in [0, 0.05) is 42.5 Å². The van der Waals surface area contributed by atoms with Gasteiger partial charge in [0.25, 0.3) is 0 Å². The highest BCUT2D eigenvalue weighted by atomic mass is 16.2. The van der Waals surface area contributed by atoms with E-state index in [1.165, 1.54) is 27.7 Å². The van der Waals surface area contributed by atoms with E-state index in [9.17, 15) is 4.79 Å². The number of hydrogen-bond acceptors (Lipinski definition) is 1. The van der Waals surface area contributed by atoms with Crippen molar-refractivity contribution in [3.63, 3.8) is 0 Å². The molecule has 1 N–H and O–H groups in total. The molecule has 0 aliphatic carbocycles. The van der Waals surface area contributed by atoms with E-state index in [1.807, 2.05) is 4.90 Å². The van der Waals surface area contributed by atoms with Gasteiger partial charge in [-0.15, -0.1) is 0 Å². The predicted molar refractivity (Wildman–Crippen MR) is 86.5 cm³/mol. The molecule has 0 spiro atoms. The fraction of sp³-hybridized carbons (Fsp3) is 0.500. The number of rotatable bonds is 3. The molecule has 1 aromatic heterocycles. The maximum absolute atomic E-state index is 12.2. The van der Waals surface area contributed by atoms with Crippen LogP contribution in [-0.2, 0) is 17.6 Å². The Morgan fingerprint density at radius 3 is 2.90 bits per heavy atom. The Balaban J connectivity index is 1.80. The molecule has 0 bridgehead atoms. The topological polar surface area (TPSA) is 36.1 Å². The number of unbranched alkanes of at least 4 members (excludes halogenated alkanes) is 1. The third kappa shape index (κ3) is 2.82. The van der Waals surface area contributed by atoms with Crippen LogP contribution in [0.4, 0.5) is 0 Å². The highest BCUT2D eigenvalue weighted by molar-refractivity contribution is 5.85. The summed E-state index contributed by atoms with van der Waals surface area (Å²) in [6.45, 7) is 5.98. The molecule has 0 radical (unpaired) electrons. The van der Waals surface area contributed by atoms with Gasteiger partial charge in [0.2, 0.25) is 5.91 Å². The van der Waals surface area contributed by atoms with E-state index < -0.39 is 0 Å². The molecule has 21 heavy (non-hydrogen) atoms. The molecular weight excluding hydrogens is 260 g/mol. The molecule has 1 aromatic carbocycles. The summed E-state index contributed by atoms with van der Waals surface area (Å²) in [5, 5.41) is 1.34. The fourth-order valence-electron chi connectivity index (χ4n) is 3.26. The first-order valence-corrected chi connectivity index (χ1v) is 8.07. The zero-order valence-corrected chi connectivity index (χ0v) is 13.0. The number of aromatic amines is 1. The number of hydrogen-bond donors (Lipinski definition) is 1. The normalized spacial score (nSPS) is 15.0. The van der Waals surface area contributed by atoms with Crippen molar-refractivity contribution in [3.8, 4) is 0 Å². The number of fused-ring (bicyclic) bond motifs is 3. The standard InChI is InChI=1S/C18H24N2O/c1-3-4-5-18(21)20-10-8-14-15-12-13(2)6-7-16(15)19-17(14)9-11-20/h6-7,12,19H,3-5,8-11H2,1-2H3. The minimum atomic E-state index is 0.322. The lowest BCUT2D eigenvalue weighted by Crippen LogP contribution is -2.33. The summed E-state index contributed by atoms with van der Waals surface area (Å²) in [6, 6.07) is 6.58. The zero-order chi connectivity index (χ0) is 14.8. The molecule has 3 rings (SSSR count). The molecule has 112 valence electrons. The number of carbonyl (C=O) groups excluding carboxylic acids is 1. The molecule has 3 heteroatoms. The number of H-pyrrole nitrogens is 1. The lowest BCUT2D eigenvalue weighted by atomic mass is 10.1. The largest absolute Gasteiger partial charge is 0.358 e. The van der Waals surface area contributed by atoms with Crippen molar-refractivity contribution in [3.05, 3.63) is 35.0 Å². The Labute approximate surface area is 126 Å². The lowest BCUT2D eigenvalue weighted by molar-refractivity contribution is -0.131. The van der Waals surface area contributed by atoms with Gasteiger partial charge in [-0.25, -0.2) is 0 Å². The van der Waals surface area contributed by atoms with Crippen LogP contribution in [0, 0.1) is 6.92 Å². The number of aryl methyl sites for hydroxylation is 1. The molecule has 2 aromatic rings. The highest BCUT2D eigenvalue weighted by Crippen LogP contribution is 2.26. The van der Waals surface area contributed by atoms with Crippen LogP contribution in [0.3, 0.4) is 0 Å². The molecule has 0 atom stereocenters. The van der Waals surface area contributed by atoms with Crippen LogP contribution in [0.2, 0.25) is 0 Å². The third-order valence-electron chi connectivity index (χ3n) is 4.51. The van der Waals surface area contributed by atoms with Crippen LogP contribution in [0.15, 0.2) is 18.2 Å². The second-order valence-electron chi connectivity index (χ2n) is 6.12. The van der Waals surface area contributed by atoms with E-state index in [0.717, 1.165) is 38.8 Å². The molecule has 0 fully saturated rings. The Bertz CT molecular complexity index is 657. The minimum absolute atomic E-state index is 0.322. The predicted octanol–water partition coefficient (Wildman–Crippen LogP) is 3.59. The SMILES string of the molecule is CCCCC(=O)N1CCc2[nH]c3ccc(C)cc3c2CC1. The van der Waals surface area contributed by atoms with Gasteiger partial charge < -0.3 is 9.88 Å². The van der Waals surface area contributed by atoms with E-state index in [-0.39, 0.29) is 0 Å². The summed E-state index contributed by atoms with van der Waals surface area (Å²) >= 11 is 0. The van der Waals surface area contributed by atoms with Gasteiger partial charge in [0.15, 0.2) is 0 Å². The van der Waals surface area contributed by atoms with Gasteiger partial charge in [-0.05, 0) is 37.5 Å². The average molecular weight is 284 g/mol. The first kappa shape index (κ1) is 14.2. The van der Waals surface area contributed by atoms with Crippen LogP contribution in [0.25, 0.3) is 10.9 Å². The van der Waals surface area contributed by atoms with E-state index in [0.29, 0.717) is 12.3 Å². The van der Waals surface area contributed by atoms with E-state index in [2.05, 4.69) is 37.0 Å². The molecule has 0 saturated heterocycles. The number of nitrogens with one attached hydrogen (secondary N) is 1. The smallest absolute Gasteiger partial charge is 0.222 e. The fourth-order valence-corrected chi connectivity index (χ4v) is 3.26. The highest BCUT2D eigenvalue weighted by Gasteiger charge is 2.20. The van der Waals surface area contributed by atoms with Gasteiger partial charge in [-0.2, -0.15) is 0 Å². The average Bonchev–Trinajstić information content (AvgIpc) is 2.68. The number of carbonyl (C=O) groups is 1. The first-order chi connectivity index (χ1) is 10.2. The summed E-state index contributed by atoms with van der Waals surface area (Å²) in [5.74, 6) is 0.322. The molecular formula is C18H24N2O. The van der Waals surface area contributed by atoms with Crippen LogP contribution >= 0.6 is 0 Å². The van der Waals surface area contributed by atoms with Gasteiger partial charge >= 0.3 is 0 Å². The maximum Gasteiger partial charge on any atom is 0.222 e. The van der Waals surface area contributed by atoms with Crippen molar-refractivity contribution in [2.24, 2.45) is 0 Å². The van der Waals surface area contributed by atoms with Gasteiger partial charge in [0.1, 0.15) is 0 Å². The van der Waals surface area contributed by atoms with E-state index >= 15 is 0 Å². The molecule has 1 aliphatic heterocycles. The molecule has 1 aliphatic rings. The van der Waals surface area contributed by atoms with Crippen LogP contribution in [0.5, 0.6) is 0 Å². The monoisotopic (exact) mass is 284 g/mol. The minimum Gasteiger partial charge on any atom is -0.358 e. The molecule has 1 amide bonds. The zero-order valence-electron chi connectivity index (χ0n) is 13.0. The molecule has 0 saturated carbocycles. The first-order valence-electron chi connectivity index (χ1n) is 8.07. The Morgan fingerprint density at radius 1 is 1.29 bits per heavy atom. The van der Waals surface area contributed by atoms with Crippen molar-refractivity contribution in [1.29, 1.82) is 0 Å². The summed E-state index contributed by atoms with van der Waals surface area (Å²) in [7, 11) is 0. The molecule has 3 nitrogen and oxygen atoms in total. The number of amides is 1. The van der Waals surface area contributed by atoms with Crippen LogP contribution in [-0.4, -0.2) is 28.9 Å². The quantitative estimate of drug-likeness (QED) is 0.918. The van der Waals surface area contributed by atoms with E-state index in [1.54, 1.807) is 0 Å². The van der Waals surface area contributed by atoms with Crippen molar-refractivity contribution >= 4 is 16.8 Å². The Kier molecular flexibility index (Phi) is 4.00. The third-order valence-corrected chi connectivity index (χ3v) is 4.51. The Morgan fingerprint density at radius 2 is 2.10 bits per heavy atom. The van der Waals surface area contributed by atoms with Gasteiger partial charge in [-0.3, -0.25) is 4.79 Å². The molecule has 0 unspecified atom stereocenters. The second-order valence-corrected chi connectivity index (χ2v) is 6.12. The summed E-state index contributed by atoms with van der Waals surface area (Å²) in [6.07, 6.45) is 4.70. The number of aromatic nitrogens is 1. The molecule has 2 heterocycles. The van der Waals surface area contributed by atoms with Gasteiger partial charge in [0.05, 0.1) is 0 Å². The summed E-state index contributed by atoms with van der Waals surface area (Å²) in [5.41, 5.74) is 5.27.